The van der Waals surface area contributed by atoms with Crippen molar-refractivity contribution in [2.45, 2.75) is 38.5 Å². The molecule has 5 rings (SSSR count). The number of allylic oxidation sites excluding steroid dienone is 4. The normalized spacial score (nSPS) is 24.1. The smallest absolute Gasteiger partial charge is 0.660 e. The average Bonchev–Trinajstić information content (AvgIpc) is 3.42. The summed E-state index contributed by atoms with van der Waals surface area (Å²) in [6, 6.07) is 8.40. The fourth-order valence-electron chi connectivity index (χ4n) is 3.93. The second kappa shape index (κ2) is 6.85. The topological polar surface area (TPSA) is 56.1 Å². The second-order valence-electron chi connectivity index (χ2n) is 8.70. The van der Waals surface area contributed by atoms with E-state index in [-0.39, 0.29) is 33.9 Å². The maximum absolute atomic E-state index is 4.89. The summed E-state index contributed by atoms with van der Waals surface area (Å²) in [5.41, 5.74) is 8.03. The number of aromatic nitrogens is 2. The molecule has 5 heteroatoms. The fourth-order valence-corrected chi connectivity index (χ4v) is 3.93. The zero-order chi connectivity index (χ0) is 19.5. The van der Waals surface area contributed by atoms with Crippen LogP contribution in [0.1, 0.15) is 50.5 Å². The van der Waals surface area contributed by atoms with Gasteiger partial charge >= 0.3 is 23.1 Å². The fraction of sp³-hybridized carbons (Fsp3) is 0.250. The maximum atomic E-state index is 4.89. The van der Waals surface area contributed by atoms with Crippen molar-refractivity contribution in [3.63, 3.8) is 0 Å². The predicted molar refractivity (Wildman–Crippen MR) is 118 cm³/mol. The molecule has 140 valence electrons. The summed E-state index contributed by atoms with van der Waals surface area (Å²) < 4.78 is 0. The summed E-state index contributed by atoms with van der Waals surface area (Å²) in [6.45, 7) is 8.80. The van der Waals surface area contributed by atoms with E-state index in [1.165, 1.54) is 0 Å². The van der Waals surface area contributed by atoms with Crippen molar-refractivity contribution < 1.29 is 9.98 Å². The number of rotatable bonds is 0. The van der Waals surface area contributed by atoms with Gasteiger partial charge in [-0.05, 0) is 39.8 Å². The van der Waals surface area contributed by atoms with E-state index in [0.29, 0.717) is 0 Å². The molecule has 0 saturated heterocycles. The van der Waals surface area contributed by atoms with Gasteiger partial charge in [-0.1, -0.05) is 24.3 Å². The predicted octanol–water partition coefficient (Wildman–Crippen LogP) is 0.354. The Labute approximate surface area is 187 Å². The van der Waals surface area contributed by atoms with E-state index in [1.807, 2.05) is 0 Å². The van der Waals surface area contributed by atoms with Crippen LogP contribution < -0.4 is 20.0 Å². The summed E-state index contributed by atoms with van der Waals surface area (Å²) >= 11 is 0. The second-order valence-corrected chi connectivity index (χ2v) is 8.70. The minimum atomic E-state index is -0.206. The van der Waals surface area contributed by atoms with Crippen LogP contribution in [0.5, 0.6) is 0 Å². The molecule has 29 heavy (non-hydrogen) atoms. The molecular formula is C24H24MgN4+2. The summed E-state index contributed by atoms with van der Waals surface area (Å²) in [7, 11) is 0. The number of fused-ring (bicyclic) bond motifs is 6. The summed E-state index contributed by atoms with van der Waals surface area (Å²) in [6.07, 6.45) is 12.7. The van der Waals surface area contributed by atoms with Gasteiger partial charge in [-0.25, -0.2) is 9.98 Å². The monoisotopic (exact) mass is 392 g/mol. The van der Waals surface area contributed by atoms with Crippen molar-refractivity contribution >= 4 is 46.6 Å². The van der Waals surface area contributed by atoms with Crippen LogP contribution in [0.25, 0.3) is 12.2 Å². The van der Waals surface area contributed by atoms with E-state index < -0.39 is 0 Å². The van der Waals surface area contributed by atoms with Gasteiger partial charge in [0.25, 0.3) is 0 Å². The Morgan fingerprint density at radius 3 is 1.45 bits per heavy atom. The van der Waals surface area contributed by atoms with Gasteiger partial charge in [-0.2, -0.15) is 0 Å². The van der Waals surface area contributed by atoms with Gasteiger partial charge in [0.1, 0.15) is 0 Å². The molecule has 3 aliphatic heterocycles. The number of nitrogens with zero attached hydrogens (tertiary/aromatic N) is 2. The Morgan fingerprint density at radius 2 is 1.03 bits per heavy atom. The van der Waals surface area contributed by atoms with Gasteiger partial charge in [0.15, 0.2) is 11.4 Å². The van der Waals surface area contributed by atoms with Crippen LogP contribution in [0.15, 0.2) is 60.0 Å². The van der Waals surface area contributed by atoms with E-state index in [4.69, 9.17) is 9.97 Å². The largest absolute Gasteiger partial charge is 2.00 e. The molecule has 0 radical (unpaired) electrons. The van der Waals surface area contributed by atoms with Crippen LogP contribution in [0.2, 0.25) is 0 Å². The van der Waals surface area contributed by atoms with E-state index in [9.17, 15) is 0 Å². The van der Waals surface area contributed by atoms with E-state index >= 15 is 0 Å². The molecule has 2 aromatic heterocycles. The van der Waals surface area contributed by atoms with Gasteiger partial charge in [-0.15, -0.1) is 22.8 Å². The standard InChI is InChI=1S/C24H22N4.Mg/c1-23(2)19-9-5-15(25-19)13-17-7-11-21(27-17)24(3,4)22-12-8-18(28-22)14-16-6-10-20(23)26-16;/h5-14H,1-4H3;/q-2;+2/p+2/b15-13-,18-14-;. The zero-order valence-corrected chi connectivity index (χ0v) is 18.8. The number of hydrogen-bond donors (Lipinski definition) is 2. The molecule has 0 aliphatic carbocycles. The van der Waals surface area contributed by atoms with Crippen molar-refractivity contribution in [3.8, 4) is 0 Å². The Hall–Kier alpha value is -2.37. The van der Waals surface area contributed by atoms with Crippen molar-refractivity contribution in [1.29, 1.82) is 0 Å². The van der Waals surface area contributed by atoms with Gasteiger partial charge in [-0.3, -0.25) is 0 Å². The molecule has 0 amide bonds. The van der Waals surface area contributed by atoms with Gasteiger partial charge in [0, 0.05) is 24.3 Å². The molecule has 0 atom stereocenters. The SMILES string of the molecule is CC1(C)C2=[NH+]/C(=C\c3ccc([n-]3)C(C)(C)C3=[NH+]/C(=C\c4ccc1[n-]4)C=C3)C=C2.[Mg+2]. The Balaban J connectivity index is 0.00000205. The molecule has 0 spiro atoms. The first-order chi connectivity index (χ1) is 13.3. The third-order valence-corrected chi connectivity index (χ3v) is 5.97. The van der Waals surface area contributed by atoms with E-state index in [1.54, 1.807) is 0 Å². The Morgan fingerprint density at radius 1 is 0.621 bits per heavy atom. The van der Waals surface area contributed by atoms with E-state index in [2.05, 4.69) is 98.4 Å². The molecule has 0 saturated carbocycles. The Kier molecular flexibility index (Phi) is 4.71. The average molecular weight is 393 g/mol. The first-order valence-electron chi connectivity index (χ1n) is 9.69. The van der Waals surface area contributed by atoms with Crippen LogP contribution in [0.4, 0.5) is 0 Å². The van der Waals surface area contributed by atoms with Crippen LogP contribution in [0.3, 0.4) is 0 Å². The maximum Gasteiger partial charge on any atom is 2.00 e. The van der Waals surface area contributed by atoms with Crippen molar-refractivity contribution in [1.82, 2.24) is 9.97 Å². The van der Waals surface area contributed by atoms with E-state index in [0.717, 1.165) is 45.6 Å². The van der Waals surface area contributed by atoms with Crippen LogP contribution in [-0.2, 0) is 10.8 Å². The first-order valence-corrected chi connectivity index (χ1v) is 9.69. The molecule has 4 nitrogen and oxygen atoms in total. The molecule has 5 heterocycles. The molecule has 0 fully saturated rings. The molecule has 2 aromatic rings. The van der Waals surface area contributed by atoms with Gasteiger partial charge < -0.3 is 9.97 Å². The van der Waals surface area contributed by atoms with Gasteiger partial charge in [0.05, 0.1) is 10.8 Å². The molecular weight excluding hydrogens is 369 g/mol. The van der Waals surface area contributed by atoms with Crippen LogP contribution in [-0.4, -0.2) is 34.5 Å². The third-order valence-electron chi connectivity index (χ3n) is 5.97. The summed E-state index contributed by atoms with van der Waals surface area (Å²) in [4.78, 5) is 16.9. The summed E-state index contributed by atoms with van der Waals surface area (Å²) in [5.74, 6) is 0. The molecule has 8 bridgehead atoms. The van der Waals surface area contributed by atoms with Crippen LogP contribution >= 0.6 is 0 Å². The summed E-state index contributed by atoms with van der Waals surface area (Å²) in [5, 5.41) is 0. The molecule has 0 aromatic carbocycles. The van der Waals surface area contributed by atoms with Gasteiger partial charge in [0.2, 0.25) is 11.4 Å². The number of hydrogen-bond acceptors (Lipinski definition) is 0. The quantitative estimate of drug-likeness (QED) is 0.636. The Bertz CT molecular complexity index is 1070. The number of nitrogens with one attached hydrogen (secondary N) is 2. The van der Waals surface area contributed by atoms with Crippen LogP contribution in [0, 0.1) is 0 Å². The van der Waals surface area contributed by atoms with Crippen molar-refractivity contribution in [2.24, 2.45) is 0 Å². The minimum Gasteiger partial charge on any atom is -0.660 e. The first kappa shape index (κ1) is 19.9. The van der Waals surface area contributed by atoms with Crippen molar-refractivity contribution in [3.05, 3.63) is 82.7 Å². The zero-order valence-electron chi connectivity index (χ0n) is 17.4. The molecule has 0 unspecified atom stereocenters. The van der Waals surface area contributed by atoms with Crippen molar-refractivity contribution in [2.75, 3.05) is 0 Å². The molecule has 3 aliphatic rings. The molecule has 2 N–H and O–H groups in total. The third kappa shape index (κ3) is 3.32. The minimum absolute atomic E-state index is 0.